The van der Waals surface area contributed by atoms with Gasteiger partial charge in [-0.1, -0.05) is 0 Å². The molecule has 0 aliphatic carbocycles. The second-order valence-corrected chi connectivity index (χ2v) is 2.79. The third-order valence-corrected chi connectivity index (χ3v) is 1.62. The molecule has 0 bridgehead atoms. The van der Waals surface area contributed by atoms with E-state index in [1.165, 1.54) is 0 Å². The summed E-state index contributed by atoms with van der Waals surface area (Å²) in [6.07, 6.45) is -5.58. The van der Waals surface area contributed by atoms with Crippen LogP contribution in [0.25, 0.3) is 0 Å². The van der Waals surface area contributed by atoms with Gasteiger partial charge in [-0.25, -0.2) is 0 Å². The van der Waals surface area contributed by atoms with Crippen LogP contribution in [-0.2, 0) is 4.74 Å². The van der Waals surface area contributed by atoms with Crippen molar-refractivity contribution in [3.63, 3.8) is 0 Å². The number of hydrogen-bond acceptors (Lipinski definition) is 1. The SMILES string of the molecule is COC(C)(C)C(F)(F)C(F)(F)F. The predicted octanol–water partition coefficient (Wildman–Crippen LogP) is 2.61. The first-order chi connectivity index (χ1) is 5.06. The zero-order chi connectivity index (χ0) is 10.2. The Kier molecular flexibility index (Phi) is 2.74. The standard InChI is InChI=1S/C6H9F5O/c1-4(2,12-3)5(7,8)6(9,10)11/h1-3H3. The number of alkyl halides is 5. The van der Waals surface area contributed by atoms with E-state index in [2.05, 4.69) is 4.74 Å². The Labute approximate surface area is 66.5 Å². The second-order valence-electron chi connectivity index (χ2n) is 2.79. The second kappa shape index (κ2) is 2.83. The number of halogens is 5. The van der Waals surface area contributed by atoms with E-state index in [0.717, 1.165) is 7.11 Å². The highest BCUT2D eigenvalue weighted by atomic mass is 19.4. The van der Waals surface area contributed by atoms with Crippen LogP contribution in [0.4, 0.5) is 22.0 Å². The van der Waals surface area contributed by atoms with E-state index in [1.54, 1.807) is 0 Å². The molecule has 0 N–H and O–H groups in total. The fraction of sp³-hybridized carbons (Fsp3) is 1.00. The average molecular weight is 192 g/mol. The molecule has 6 heteroatoms. The van der Waals surface area contributed by atoms with Gasteiger partial charge in [-0.05, 0) is 13.8 Å². The summed E-state index contributed by atoms with van der Waals surface area (Å²) in [6, 6.07) is 0. The predicted molar refractivity (Wildman–Crippen MR) is 32.1 cm³/mol. The maximum Gasteiger partial charge on any atom is 0.456 e. The molecule has 0 aromatic carbocycles. The van der Waals surface area contributed by atoms with Crippen molar-refractivity contribution in [1.82, 2.24) is 0 Å². The molecule has 0 spiro atoms. The topological polar surface area (TPSA) is 9.23 Å². The molecule has 0 aliphatic rings. The summed E-state index contributed by atoms with van der Waals surface area (Å²) < 4.78 is 64.0. The molecule has 0 unspecified atom stereocenters. The molecule has 12 heavy (non-hydrogen) atoms. The molecule has 0 heterocycles. The van der Waals surface area contributed by atoms with Gasteiger partial charge in [0.25, 0.3) is 0 Å². The minimum Gasteiger partial charge on any atom is -0.372 e. The highest BCUT2D eigenvalue weighted by Gasteiger charge is 2.66. The van der Waals surface area contributed by atoms with Crippen LogP contribution in [0.3, 0.4) is 0 Å². The molecule has 0 radical (unpaired) electrons. The Hall–Kier alpha value is -0.390. The van der Waals surface area contributed by atoms with Gasteiger partial charge in [0, 0.05) is 7.11 Å². The highest BCUT2D eigenvalue weighted by molar-refractivity contribution is 4.92. The van der Waals surface area contributed by atoms with E-state index < -0.39 is 17.7 Å². The smallest absolute Gasteiger partial charge is 0.372 e. The van der Waals surface area contributed by atoms with Gasteiger partial charge in [0.05, 0.1) is 0 Å². The number of methoxy groups -OCH3 is 1. The lowest BCUT2D eigenvalue weighted by Crippen LogP contribution is -2.54. The summed E-state index contributed by atoms with van der Waals surface area (Å²) in [5.74, 6) is -4.84. The lowest BCUT2D eigenvalue weighted by molar-refractivity contribution is -0.338. The van der Waals surface area contributed by atoms with Crippen molar-refractivity contribution in [3.8, 4) is 0 Å². The molecule has 0 aliphatic heterocycles. The van der Waals surface area contributed by atoms with Gasteiger partial charge < -0.3 is 4.74 Å². The molecule has 1 nitrogen and oxygen atoms in total. The Balaban J connectivity index is 4.85. The zero-order valence-electron chi connectivity index (χ0n) is 6.80. The van der Waals surface area contributed by atoms with Crippen molar-refractivity contribution in [2.45, 2.75) is 31.5 Å². The highest BCUT2D eigenvalue weighted by Crippen LogP contribution is 2.44. The summed E-state index contributed by atoms with van der Waals surface area (Å²) in [6.45, 7) is 1.36. The van der Waals surface area contributed by atoms with Gasteiger partial charge in [-0.3, -0.25) is 0 Å². The van der Waals surface area contributed by atoms with Crippen LogP contribution in [0.5, 0.6) is 0 Å². The fourth-order valence-corrected chi connectivity index (χ4v) is 0.470. The minimum absolute atomic E-state index is 0.681. The van der Waals surface area contributed by atoms with Crippen molar-refractivity contribution in [2.75, 3.05) is 7.11 Å². The normalized spacial score (nSPS) is 15.0. The van der Waals surface area contributed by atoms with E-state index in [4.69, 9.17) is 0 Å². The monoisotopic (exact) mass is 192 g/mol. The van der Waals surface area contributed by atoms with Crippen LogP contribution < -0.4 is 0 Å². The fourth-order valence-electron chi connectivity index (χ4n) is 0.470. The largest absolute Gasteiger partial charge is 0.456 e. The third kappa shape index (κ3) is 1.68. The summed E-state index contributed by atoms with van der Waals surface area (Å²) in [5, 5.41) is 0. The Bertz CT molecular complexity index is 160. The molecular formula is C6H9F5O. The Morgan fingerprint density at radius 1 is 0.917 bits per heavy atom. The number of hydrogen-bond donors (Lipinski definition) is 0. The molecule has 0 saturated carbocycles. The molecule has 0 rings (SSSR count). The van der Waals surface area contributed by atoms with Crippen molar-refractivity contribution in [1.29, 1.82) is 0 Å². The van der Waals surface area contributed by atoms with Crippen molar-refractivity contribution in [3.05, 3.63) is 0 Å². The van der Waals surface area contributed by atoms with Crippen LogP contribution in [0.1, 0.15) is 13.8 Å². The molecule has 0 aromatic heterocycles. The van der Waals surface area contributed by atoms with E-state index in [1.807, 2.05) is 0 Å². The van der Waals surface area contributed by atoms with E-state index in [0.29, 0.717) is 13.8 Å². The lowest BCUT2D eigenvalue weighted by atomic mass is 10.00. The van der Waals surface area contributed by atoms with Gasteiger partial charge in [-0.2, -0.15) is 22.0 Å². The average Bonchev–Trinajstić information content (AvgIpc) is 1.85. The summed E-state index contributed by atoms with van der Waals surface area (Å²) >= 11 is 0. The van der Waals surface area contributed by atoms with Crippen molar-refractivity contribution in [2.24, 2.45) is 0 Å². The molecule has 0 saturated heterocycles. The van der Waals surface area contributed by atoms with Crippen molar-refractivity contribution < 1.29 is 26.7 Å². The molecule has 74 valence electrons. The molecule has 0 atom stereocenters. The van der Waals surface area contributed by atoms with Crippen molar-refractivity contribution >= 4 is 0 Å². The van der Waals surface area contributed by atoms with Crippen LogP contribution >= 0.6 is 0 Å². The van der Waals surface area contributed by atoms with Gasteiger partial charge in [0.2, 0.25) is 0 Å². The van der Waals surface area contributed by atoms with Gasteiger partial charge in [0.1, 0.15) is 5.60 Å². The van der Waals surface area contributed by atoms with E-state index >= 15 is 0 Å². The Morgan fingerprint density at radius 3 is 1.33 bits per heavy atom. The summed E-state index contributed by atoms with van der Waals surface area (Å²) in [4.78, 5) is 0. The van der Waals surface area contributed by atoms with Crippen LogP contribution in [0, 0.1) is 0 Å². The van der Waals surface area contributed by atoms with Crippen LogP contribution in [0.2, 0.25) is 0 Å². The van der Waals surface area contributed by atoms with Crippen LogP contribution in [0.15, 0.2) is 0 Å². The third-order valence-electron chi connectivity index (χ3n) is 1.62. The van der Waals surface area contributed by atoms with Gasteiger partial charge >= 0.3 is 12.1 Å². The number of rotatable bonds is 2. The first-order valence-corrected chi connectivity index (χ1v) is 3.06. The first-order valence-electron chi connectivity index (χ1n) is 3.06. The molecule has 0 aromatic rings. The number of ether oxygens (including phenoxy) is 1. The summed E-state index contributed by atoms with van der Waals surface area (Å²) in [5.41, 5.74) is -2.54. The first kappa shape index (κ1) is 11.6. The molecule has 0 fully saturated rings. The molecule has 0 amide bonds. The quantitative estimate of drug-likeness (QED) is 0.611. The van der Waals surface area contributed by atoms with Gasteiger partial charge in [0.15, 0.2) is 0 Å². The maximum absolute atomic E-state index is 12.5. The minimum atomic E-state index is -5.58. The van der Waals surface area contributed by atoms with Crippen LogP contribution in [-0.4, -0.2) is 24.8 Å². The summed E-state index contributed by atoms with van der Waals surface area (Å²) in [7, 11) is 0.805. The maximum atomic E-state index is 12.5. The zero-order valence-corrected chi connectivity index (χ0v) is 6.80. The molecular weight excluding hydrogens is 183 g/mol. The van der Waals surface area contributed by atoms with Gasteiger partial charge in [-0.15, -0.1) is 0 Å². The Morgan fingerprint density at radius 2 is 1.25 bits per heavy atom. The lowest BCUT2D eigenvalue weighted by Gasteiger charge is -2.33. The van der Waals surface area contributed by atoms with E-state index in [-0.39, 0.29) is 0 Å². The van der Waals surface area contributed by atoms with E-state index in [9.17, 15) is 22.0 Å².